The maximum Gasteiger partial charge on any atom is 0.364 e. The van der Waals surface area contributed by atoms with E-state index in [9.17, 15) is 126 Å². The van der Waals surface area contributed by atoms with E-state index in [0.717, 1.165) is 27.7 Å². The molecule has 7 fully saturated rings. The standard InChI is InChI=1S/C53H88N4O38/c1-13-29(69)35(75)38(78)49(84-13)93-45-36(76)32(72)21(9-60)87-51(45)92-42-27(56-16(4)65)46(80)85-24(33(42)73)12-83-47-28(57-17(5)66)44(95-53(52(81)82)6-18(67)25(54-14(2)63)43(94-53)30(70)19(68)7-58)41(23(11-62)88-47)91-50-39(79)37(77)40(22(10-61)89-50)90-48-26(55-15(3)64)34(74)31(71)20(8-59)86-48/h13,18-51,58-62,67-80H,6-12H2,1-5H3,(H,54,63)(H,55,64)(H,56,65)(H,57,66)(H,81,82)/t13-,18-,19+,20+,21+,22+,23+,24+,25+,26+,27+,28+,29+,30+,31-,32-,33-,34+,35+,36-,37+,38-,39+,40-,41+,42+,43+,44+,45+,46-,47+,48-,49-,50-,51-,53-/m0/s1. The van der Waals surface area contributed by atoms with Crippen LogP contribution in [0.4, 0.5) is 0 Å². The van der Waals surface area contributed by atoms with Gasteiger partial charge in [-0.1, -0.05) is 0 Å². The minimum atomic E-state index is -3.41. The molecule has 36 atom stereocenters. The Morgan fingerprint density at radius 2 is 0.916 bits per heavy atom. The van der Waals surface area contributed by atoms with Gasteiger partial charge < -0.3 is 185 Å². The van der Waals surface area contributed by atoms with Crippen molar-refractivity contribution < 1.29 is 188 Å². The number of aliphatic hydroxyl groups is 19. The molecular weight excluding hydrogens is 1300 g/mol. The number of aliphatic hydroxyl groups excluding tert-OH is 19. The van der Waals surface area contributed by atoms with E-state index >= 15 is 0 Å². The van der Waals surface area contributed by atoms with Crippen LogP contribution in [0.1, 0.15) is 41.0 Å². The Bertz CT molecular complexity index is 2520. The highest BCUT2D eigenvalue weighted by Gasteiger charge is 2.63. The molecule has 24 N–H and O–H groups in total. The third-order valence-corrected chi connectivity index (χ3v) is 17.1. The fourth-order valence-corrected chi connectivity index (χ4v) is 12.1. The van der Waals surface area contributed by atoms with E-state index in [-0.39, 0.29) is 0 Å². The van der Waals surface area contributed by atoms with Crippen LogP contribution in [0.3, 0.4) is 0 Å². The Kier molecular flexibility index (Phi) is 27.6. The van der Waals surface area contributed by atoms with Crippen molar-refractivity contribution in [1.29, 1.82) is 0 Å². The first-order valence-electron chi connectivity index (χ1n) is 30.1. The molecule has 0 aromatic heterocycles. The van der Waals surface area contributed by atoms with Crippen LogP contribution in [0.5, 0.6) is 0 Å². The molecule has 0 aromatic carbocycles. The molecule has 548 valence electrons. The number of carbonyl (C=O) groups excluding carboxylic acids is 4. The Balaban J connectivity index is 1.25. The van der Waals surface area contributed by atoms with Crippen molar-refractivity contribution in [3.63, 3.8) is 0 Å². The Hall–Kier alpha value is -3.93. The van der Waals surface area contributed by atoms with Crippen LogP contribution in [-0.2, 0) is 85.6 Å². The highest BCUT2D eigenvalue weighted by Crippen LogP contribution is 2.41. The zero-order valence-electron chi connectivity index (χ0n) is 51.4. The van der Waals surface area contributed by atoms with Crippen molar-refractivity contribution in [3.8, 4) is 0 Å². The molecule has 0 saturated carbocycles. The molecule has 0 aliphatic carbocycles. The summed E-state index contributed by atoms with van der Waals surface area (Å²) in [7, 11) is 0. The molecule has 0 bridgehead atoms. The van der Waals surface area contributed by atoms with E-state index in [2.05, 4.69) is 21.3 Å². The van der Waals surface area contributed by atoms with Gasteiger partial charge in [0, 0.05) is 34.1 Å². The largest absolute Gasteiger partial charge is 0.477 e. The van der Waals surface area contributed by atoms with Crippen molar-refractivity contribution in [2.75, 3.05) is 39.6 Å². The van der Waals surface area contributed by atoms with Gasteiger partial charge in [0.15, 0.2) is 37.7 Å². The lowest BCUT2D eigenvalue weighted by Crippen LogP contribution is -2.73. The number of carbonyl (C=O) groups is 5. The summed E-state index contributed by atoms with van der Waals surface area (Å²) in [5.41, 5.74) is 0. The molecule has 7 rings (SSSR count). The zero-order valence-corrected chi connectivity index (χ0v) is 51.4. The summed E-state index contributed by atoms with van der Waals surface area (Å²) in [5.74, 6) is -9.26. The van der Waals surface area contributed by atoms with Gasteiger partial charge in [0.2, 0.25) is 23.6 Å². The van der Waals surface area contributed by atoms with E-state index < -0.39 is 296 Å². The van der Waals surface area contributed by atoms with Gasteiger partial charge in [0.05, 0.1) is 57.9 Å². The molecule has 42 heteroatoms. The molecule has 4 amide bonds. The molecule has 42 nitrogen and oxygen atoms in total. The summed E-state index contributed by atoms with van der Waals surface area (Å²) in [5, 5.41) is 229. The van der Waals surface area contributed by atoms with Crippen LogP contribution in [0.2, 0.25) is 0 Å². The number of carboxylic acid groups (broad SMARTS) is 1. The fraction of sp³-hybridized carbons (Fsp3) is 0.906. The average molecular weight is 1390 g/mol. The monoisotopic (exact) mass is 1390 g/mol. The number of ether oxygens (including phenoxy) is 13. The Morgan fingerprint density at radius 1 is 0.453 bits per heavy atom. The lowest BCUT2D eigenvalue weighted by atomic mass is 9.87. The highest BCUT2D eigenvalue weighted by atomic mass is 16.8. The number of nitrogens with one attached hydrogen (secondary N) is 4. The summed E-state index contributed by atoms with van der Waals surface area (Å²) >= 11 is 0. The van der Waals surface area contributed by atoms with Crippen molar-refractivity contribution >= 4 is 29.6 Å². The predicted octanol–water partition coefficient (Wildman–Crippen LogP) is -15.5. The van der Waals surface area contributed by atoms with Crippen molar-refractivity contribution in [1.82, 2.24) is 21.3 Å². The molecule has 0 aromatic rings. The molecule has 0 unspecified atom stereocenters. The predicted molar refractivity (Wildman–Crippen MR) is 294 cm³/mol. The number of carboxylic acids is 1. The van der Waals surface area contributed by atoms with Crippen LogP contribution in [0.25, 0.3) is 0 Å². The maximum absolute atomic E-state index is 13.8. The smallest absolute Gasteiger partial charge is 0.364 e. The molecule has 7 heterocycles. The molecule has 7 aliphatic rings. The van der Waals surface area contributed by atoms with Crippen molar-refractivity contribution in [2.45, 2.75) is 261 Å². The van der Waals surface area contributed by atoms with E-state index in [0.29, 0.717) is 0 Å². The summed E-state index contributed by atoms with van der Waals surface area (Å²) in [6.45, 7) is -1.64. The van der Waals surface area contributed by atoms with Gasteiger partial charge in [0.1, 0.15) is 159 Å². The number of hydrogen-bond donors (Lipinski definition) is 24. The second kappa shape index (κ2) is 33.5. The quantitative estimate of drug-likeness (QED) is 0.0404. The molecule has 95 heavy (non-hydrogen) atoms. The summed E-state index contributed by atoms with van der Waals surface area (Å²) < 4.78 is 76.8. The van der Waals surface area contributed by atoms with Gasteiger partial charge in [-0.3, -0.25) is 19.2 Å². The molecule has 7 aliphatic heterocycles. The summed E-state index contributed by atoms with van der Waals surface area (Å²) in [6, 6.07) is -7.44. The maximum atomic E-state index is 13.8. The average Bonchev–Trinajstić information content (AvgIpc) is 0.753. The fourth-order valence-electron chi connectivity index (χ4n) is 12.1. The third kappa shape index (κ3) is 17.5. The molecular formula is C53H88N4O38. The third-order valence-electron chi connectivity index (χ3n) is 17.1. The van der Waals surface area contributed by atoms with E-state index in [4.69, 9.17) is 61.6 Å². The number of hydrogen-bond acceptors (Lipinski definition) is 37. The number of rotatable bonds is 25. The molecule has 0 radical (unpaired) electrons. The lowest BCUT2D eigenvalue weighted by Gasteiger charge is -2.52. The lowest BCUT2D eigenvalue weighted by molar-refractivity contribution is -0.390. The van der Waals surface area contributed by atoms with Gasteiger partial charge in [-0.05, 0) is 6.92 Å². The first kappa shape index (κ1) is 78.4. The minimum absolute atomic E-state index is 0.803. The topological polar surface area (TPSA) is 658 Å². The second-order valence-corrected chi connectivity index (χ2v) is 24.0. The summed E-state index contributed by atoms with van der Waals surface area (Å²) in [4.78, 5) is 64.6. The number of amides is 4. The SMILES string of the molecule is CC(=O)N[C@@H]1[C@@H](O[C@@H]2O[C@H](CO)[C@H](O)[C@H](O)[C@H]2O[C@@H]2O[C@@H](C)[C@@H](O)[C@@H](O)[C@@H]2O)[C@@H](O)[C@@H](CO[C@@H]2O[C@H](CO)[C@@H](O[C@@H]3O[C@H](CO)[C@H](O[C@@H]4O[C@H](CO)[C@H](O)[C@H](O)[C@H]4NC(C)=O)[C@H](O)[C@H]3O)[C@H](O[C@]3(C(=O)O)C[C@H](O)[C@@H](NC(C)=O)[C@H]([C@H](O)[C@H](O)CO)O3)[C@H]2NC(C)=O)O[C@@H]1O. The van der Waals surface area contributed by atoms with Crippen LogP contribution < -0.4 is 21.3 Å². The van der Waals surface area contributed by atoms with Gasteiger partial charge in [0.25, 0.3) is 5.79 Å². The van der Waals surface area contributed by atoms with Gasteiger partial charge in [-0.15, -0.1) is 0 Å². The normalized spacial score (nSPS) is 46.4. The first-order chi connectivity index (χ1) is 44.7. The van der Waals surface area contributed by atoms with Crippen LogP contribution in [0.15, 0.2) is 0 Å². The molecule has 0 spiro atoms. The Morgan fingerprint density at radius 3 is 1.48 bits per heavy atom. The van der Waals surface area contributed by atoms with Crippen LogP contribution in [0, 0.1) is 0 Å². The first-order valence-corrected chi connectivity index (χ1v) is 30.1. The van der Waals surface area contributed by atoms with E-state index in [1.54, 1.807) is 0 Å². The van der Waals surface area contributed by atoms with Crippen molar-refractivity contribution in [3.05, 3.63) is 0 Å². The van der Waals surface area contributed by atoms with Gasteiger partial charge in [-0.25, -0.2) is 4.79 Å². The van der Waals surface area contributed by atoms with Crippen LogP contribution in [-0.4, -0.2) is 392 Å². The van der Waals surface area contributed by atoms with Gasteiger partial charge in [-0.2, -0.15) is 0 Å². The summed E-state index contributed by atoms with van der Waals surface area (Å²) in [6.07, 6.45) is -64.5. The van der Waals surface area contributed by atoms with E-state index in [1.807, 2.05) is 0 Å². The highest BCUT2D eigenvalue weighted by molar-refractivity contribution is 5.77. The minimum Gasteiger partial charge on any atom is -0.477 e. The Labute approximate surface area is 538 Å². The van der Waals surface area contributed by atoms with Gasteiger partial charge >= 0.3 is 5.97 Å². The van der Waals surface area contributed by atoms with E-state index in [1.165, 1.54) is 6.92 Å². The van der Waals surface area contributed by atoms with Crippen LogP contribution >= 0.6 is 0 Å². The molecule has 7 saturated heterocycles. The second-order valence-electron chi connectivity index (χ2n) is 24.0. The zero-order chi connectivity index (χ0) is 70.6. The van der Waals surface area contributed by atoms with Crippen molar-refractivity contribution in [2.24, 2.45) is 0 Å². The number of aliphatic carboxylic acids is 1.